The minimum Gasteiger partial charge on any atom is -0.464 e. The Labute approximate surface area is 543 Å². The Morgan fingerprint density at radius 2 is 0.356 bits per heavy atom. The Kier molecular flexibility index (Phi) is 36.6. The molecule has 7 atom stereocenters. The largest absolute Gasteiger partial charge is 0.464 e. The topological polar surface area (TPSA) is 236 Å². The monoisotopic (exact) mass is 1290 g/mol. The maximum absolute atomic E-state index is 15.6. The van der Waals surface area contributed by atoms with Crippen molar-refractivity contribution in [3.05, 3.63) is 0 Å². The molecule has 0 N–H and O–H groups in total. The number of hydrogen-bond acceptors (Lipinski definition) is 24. The lowest BCUT2D eigenvalue weighted by atomic mass is 9.56. The Balaban J connectivity index is 9.22. The van der Waals surface area contributed by atoms with Crippen LogP contribution in [0, 0.1) is 43.3 Å². The van der Waals surface area contributed by atoms with Crippen molar-refractivity contribution < 1.29 is 76.3 Å². The number of rotatable bonds is 47. The Morgan fingerprint density at radius 3 is 0.511 bits per heavy atom. The van der Waals surface area contributed by atoms with Crippen molar-refractivity contribution in [2.45, 2.75) is 121 Å². The van der Waals surface area contributed by atoms with E-state index in [1.165, 1.54) is 0 Å². The summed E-state index contributed by atoms with van der Waals surface area (Å²) < 4.78 is 48.5. The van der Waals surface area contributed by atoms with Gasteiger partial charge in [0, 0.05) is 52.4 Å². The van der Waals surface area contributed by atoms with Crippen molar-refractivity contribution >= 4 is 47.8 Å². The van der Waals surface area contributed by atoms with Crippen molar-refractivity contribution in [1.29, 1.82) is 0 Å². The molecule has 0 fully saturated rings. The molecule has 0 aromatic carbocycles. The predicted molar refractivity (Wildman–Crippen MR) is 349 cm³/mol. The molecule has 0 aromatic heterocycles. The molecular formula is C66H126N8O16. The van der Waals surface area contributed by atoms with Gasteiger partial charge in [-0.3, -0.25) is 38.4 Å². The highest BCUT2D eigenvalue weighted by Crippen LogP contribution is 2.56. The molecule has 0 saturated carbocycles. The summed E-state index contributed by atoms with van der Waals surface area (Å²) in [7, 11) is 29.3. The van der Waals surface area contributed by atoms with Crippen LogP contribution in [0.2, 0.25) is 0 Å². The lowest BCUT2D eigenvalue weighted by molar-refractivity contribution is -0.176. The average Bonchev–Trinajstić information content (AvgIpc) is 0.770. The van der Waals surface area contributed by atoms with Crippen molar-refractivity contribution in [2.75, 3.05) is 218 Å². The highest BCUT2D eigenvalue weighted by Gasteiger charge is 2.59. The molecule has 90 heavy (non-hydrogen) atoms. The summed E-state index contributed by atoms with van der Waals surface area (Å²) in [4.78, 5) is 135. The van der Waals surface area contributed by atoms with Crippen LogP contribution >= 0.6 is 0 Å². The average molecular weight is 1290 g/mol. The van der Waals surface area contributed by atoms with Gasteiger partial charge in [-0.05, 0) is 226 Å². The normalized spacial score (nSPS) is 17.0. The zero-order valence-corrected chi connectivity index (χ0v) is 61.1. The molecule has 7 unspecified atom stereocenters. The van der Waals surface area contributed by atoms with Gasteiger partial charge < -0.3 is 77.1 Å². The summed E-state index contributed by atoms with van der Waals surface area (Å²) in [5.74, 6) is -5.68. The molecule has 0 rings (SSSR count). The molecule has 24 nitrogen and oxygen atoms in total. The van der Waals surface area contributed by atoms with Gasteiger partial charge in [0.25, 0.3) is 0 Å². The van der Waals surface area contributed by atoms with Crippen molar-refractivity contribution in [3.8, 4) is 0 Å². The molecule has 0 aliphatic carbocycles. The quantitative estimate of drug-likeness (QED) is 0.0573. The Morgan fingerprint density at radius 1 is 0.222 bits per heavy atom. The molecule has 0 saturated heterocycles. The molecule has 24 heteroatoms. The van der Waals surface area contributed by atoms with Crippen LogP contribution in [-0.2, 0) is 76.3 Å². The first-order valence-electron chi connectivity index (χ1n) is 31.8. The summed E-state index contributed by atoms with van der Waals surface area (Å²) >= 11 is 0. The van der Waals surface area contributed by atoms with E-state index in [-0.39, 0.29) is 85.0 Å². The van der Waals surface area contributed by atoms with Gasteiger partial charge >= 0.3 is 47.8 Å². The number of likely N-dealkylation sites (N-methyl/N-ethyl adjacent to an activating group) is 8. The van der Waals surface area contributed by atoms with E-state index in [9.17, 15) is 14.4 Å². The Hall–Kier alpha value is -4.56. The molecule has 0 aromatic rings. The first-order chi connectivity index (χ1) is 41.2. The van der Waals surface area contributed by atoms with Gasteiger partial charge in [-0.2, -0.15) is 0 Å². The number of esters is 8. The number of carbonyl (C=O) groups excluding carboxylic acids is 8. The minimum atomic E-state index is -1.88. The van der Waals surface area contributed by atoms with Gasteiger partial charge in [0.1, 0.15) is 52.9 Å². The van der Waals surface area contributed by atoms with E-state index >= 15 is 24.0 Å². The van der Waals surface area contributed by atoms with E-state index in [2.05, 4.69) is 0 Å². The second-order valence-electron chi connectivity index (χ2n) is 29.9. The molecule has 0 spiro atoms. The summed E-state index contributed by atoms with van der Waals surface area (Å²) in [5.41, 5.74) is -13.3. The predicted octanol–water partition coefficient (Wildman–Crippen LogP) is 5.04. The van der Waals surface area contributed by atoms with Gasteiger partial charge in [-0.1, -0.05) is 6.92 Å². The van der Waals surface area contributed by atoms with E-state index in [1.54, 1.807) is 62.3 Å². The first kappa shape index (κ1) is 85.4. The third-order valence-electron chi connectivity index (χ3n) is 16.5. The molecule has 0 heterocycles. The fraction of sp³-hybridized carbons (Fsp3) is 0.879. The number of ether oxygens (including phenoxy) is 8. The van der Waals surface area contributed by atoms with Crippen LogP contribution in [0.15, 0.2) is 0 Å². The van der Waals surface area contributed by atoms with Gasteiger partial charge in [0.2, 0.25) is 0 Å². The van der Waals surface area contributed by atoms with E-state index in [1.807, 2.05) is 159 Å². The molecular weight excluding hydrogens is 1160 g/mol. The van der Waals surface area contributed by atoms with Gasteiger partial charge in [-0.15, -0.1) is 0 Å². The van der Waals surface area contributed by atoms with Gasteiger partial charge in [0.15, 0.2) is 0 Å². The molecule has 0 aliphatic heterocycles. The molecule has 0 bridgehead atoms. The van der Waals surface area contributed by atoms with Crippen LogP contribution in [0.1, 0.15) is 121 Å². The zero-order valence-electron chi connectivity index (χ0n) is 61.1. The van der Waals surface area contributed by atoms with Crippen LogP contribution in [0.3, 0.4) is 0 Å². The van der Waals surface area contributed by atoms with E-state index in [4.69, 9.17) is 37.9 Å². The number of nitrogens with zero attached hydrogens (tertiary/aromatic N) is 8. The number of hydrogen-bond donors (Lipinski definition) is 0. The van der Waals surface area contributed by atoms with Crippen molar-refractivity contribution in [3.63, 3.8) is 0 Å². The van der Waals surface area contributed by atoms with Crippen molar-refractivity contribution in [2.24, 2.45) is 43.3 Å². The highest BCUT2D eigenvalue weighted by atomic mass is 16.6. The number of carbonyl (C=O) groups is 8. The first-order valence-corrected chi connectivity index (χ1v) is 31.8. The molecule has 0 amide bonds. The summed E-state index contributed by atoms with van der Waals surface area (Å²) in [6.45, 7) is 19.2. The summed E-state index contributed by atoms with van der Waals surface area (Å²) in [5, 5.41) is 0. The van der Waals surface area contributed by atoms with Crippen LogP contribution in [0.25, 0.3) is 0 Å². The maximum atomic E-state index is 15.6. The van der Waals surface area contributed by atoms with E-state index in [0.717, 1.165) is 0 Å². The van der Waals surface area contributed by atoms with Crippen LogP contribution in [0.4, 0.5) is 0 Å². The maximum Gasteiger partial charge on any atom is 0.311 e. The smallest absolute Gasteiger partial charge is 0.311 e. The summed E-state index contributed by atoms with van der Waals surface area (Å²) in [6, 6.07) is 0. The van der Waals surface area contributed by atoms with E-state index in [0.29, 0.717) is 52.4 Å². The van der Waals surface area contributed by atoms with Crippen LogP contribution in [0.5, 0.6) is 0 Å². The van der Waals surface area contributed by atoms with Gasteiger partial charge in [0.05, 0.1) is 43.3 Å². The van der Waals surface area contributed by atoms with Crippen LogP contribution in [-0.4, -0.2) is 305 Å². The van der Waals surface area contributed by atoms with Crippen LogP contribution < -0.4 is 0 Å². The van der Waals surface area contributed by atoms with Crippen molar-refractivity contribution in [1.82, 2.24) is 39.2 Å². The van der Waals surface area contributed by atoms with Gasteiger partial charge in [-0.25, -0.2) is 0 Å². The second-order valence-corrected chi connectivity index (χ2v) is 29.9. The Bertz CT molecular complexity index is 2250. The molecule has 0 radical (unpaired) electrons. The zero-order chi connectivity index (χ0) is 69.9. The minimum absolute atomic E-state index is 0.0205. The second kappa shape index (κ2) is 38.6. The highest BCUT2D eigenvalue weighted by molar-refractivity contribution is 5.87. The lowest BCUT2D eigenvalue weighted by Crippen LogP contribution is -2.51. The third-order valence-corrected chi connectivity index (χ3v) is 16.5. The summed E-state index contributed by atoms with van der Waals surface area (Å²) in [6.07, 6.45) is -2.01. The fourth-order valence-corrected chi connectivity index (χ4v) is 11.8. The van der Waals surface area contributed by atoms with E-state index < -0.39 is 110 Å². The SMILES string of the molecule is CCC(C)(CC(C)(CC(C)(CC(C)(CC(C)(CC(C)(CC(C)(CC(C)(C)C(=O)OCCN(C)C)C(=O)OCCN(C)C)C(=O)OCCN(C)C)C(=O)OCCN(C)C)C(=O)OCCN(C)C)C(=O)OCCN(C)C)C(=O)OCCN(C)C)C(=O)OCCN(C)C. The fourth-order valence-electron chi connectivity index (χ4n) is 11.8. The molecule has 0 aliphatic rings. The standard InChI is InChI=1S/C66H126N8O16/c1-27-60(4,52(76)84-37-29-68(13)14)45-62(6,54(78)86-39-31-70(17)18)47-64(8,56(80)88-41-33-72(21)22)49-66(10,58(82)90-43-35-74(25)26)50-65(9,57(81)89-42-34-73(23)24)48-63(7,55(79)87-40-32-71(19)20)46-61(5,53(77)85-38-30-69(15)16)44-59(2,3)51(75)83-36-28-67(11)12/h27-50H2,1-26H3. The molecule has 526 valence electrons. The lowest BCUT2D eigenvalue weighted by Gasteiger charge is -2.46. The third kappa shape index (κ3) is 30.5.